The number of hydrogen-bond donors (Lipinski definition) is 0. The largest absolute Gasteiger partial charge is 0.0917 e. The molecule has 0 fully saturated rings. The van der Waals surface area contributed by atoms with Crippen molar-refractivity contribution < 1.29 is 0 Å². The van der Waals surface area contributed by atoms with E-state index in [1.54, 1.807) is 0 Å². The van der Waals surface area contributed by atoms with Gasteiger partial charge in [-0.05, 0) is 30.6 Å². The van der Waals surface area contributed by atoms with E-state index in [-0.39, 0.29) is 0 Å². The fourth-order valence-corrected chi connectivity index (χ4v) is 1.59. The van der Waals surface area contributed by atoms with Crippen LogP contribution in [0.3, 0.4) is 0 Å². The first-order valence-corrected chi connectivity index (χ1v) is 6.11. The molecule has 0 aliphatic rings. The fraction of sp³-hybridized carbons (Fsp3) is 0.800. The molecule has 0 rings (SSSR count). The Morgan fingerprint density at radius 2 is 1.64 bits per heavy atom. The van der Waals surface area contributed by atoms with E-state index >= 15 is 0 Å². The molecule has 0 aromatic heterocycles. The van der Waals surface area contributed by atoms with E-state index in [0.717, 1.165) is 0 Å². The maximum atomic E-state index is 2.45. The highest BCUT2D eigenvalue weighted by atomic mass is 127. The third kappa shape index (κ3) is 10.5. The molecule has 0 aromatic carbocycles. The molecule has 1 heteroatoms. The van der Waals surface area contributed by atoms with Crippen LogP contribution in [0.5, 0.6) is 0 Å². The van der Waals surface area contributed by atoms with Gasteiger partial charge in [-0.3, -0.25) is 0 Å². The molecule has 0 amide bonds. The number of allylic oxidation sites excluding steroid dienone is 2. The average Bonchev–Trinajstić information content (AvgIpc) is 2.03. The molecule has 0 aliphatic heterocycles. The van der Waals surface area contributed by atoms with Crippen LogP contribution < -0.4 is 0 Å². The minimum atomic E-state index is 1.28. The number of rotatable bonds is 7. The molecule has 66 valence electrons. The second-order valence-electron chi connectivity index (χ2n) is 2.81. The van der Waals surface area contributed by atoms with Crippen molar-refractivity contribution in [3.8, 4) is 0 Å². The van der Waals surface area contributed by atoms with Crippen LogP contribution in [0.1, 0.15) is 45.4 Å². The summed E-state index contributed by atoms with van der Waals surface area (Å²) in [5, 5.41) is 0. The molecule has 0 radical (unpaired) electrons. The predicted molar refractivity (Wildman–Crippen MR) is 61.4 cm³/mol. The van der Waals surface area contributed by atoms with Crippen molar-refractivity contribution in [1.29, 1.82) is 0 Å². The normalized spacial score (nSPS) is 11.1. The minimum Gasteiger partial charge on any atom is -0.0917 e. The Hall–Kier alpha value is 0.470. The first-order chi connectivity index (χ1) is 5.41. The van der Waals surface area contributed by atoms with Gasteiger partial charge in [-0.1, -0.05) is 54.0 Å². The third-order valence-electron chi connectivity index (χ3n) is 1.74. The molecule has 0 saturated heterocycles. The molecule has 0 nitrogen and oxygen atoms in total. The van der Waals surface area contributed by atoms with Crippen molar-refractivity contribution in [2.24, 2.45) is 0 Å². The maximum absolute atomic E-state index is 2.45. The van der Waals surface area contributed by atoms with E-state index in [4.69, 9.17) is 0 Å². The molecule has 0 unspecified atom stereocenters. The third-order valence-corrected chi connectivity index (χ3v) is 2.50. The van der Waals surface area contributed by atoms with Crippen LogP contribution in [-0.2, 0) is 0 Å². The maximum Gasteiger partial charge on any atom is -0.000473 e. The van der Waals surface area contributed by atoms with Crippen molar-refractivity contribution >= 4 is 22.6 Å². The van der Waals surface area contributed by atoms with Crippen molar-refractivity contribution in [3.05, 3.63) is 12.2 Å². The molecular formula is C10H19I. The first kappa shape index (κ1) is 11.5. The Balaban J connectivity index is 2.79. The summed E-state index contributed by atoms with van der Waals surface area (Å²) in [6, 6.07) is 0. The number of unbranched alkanes of at least 4 members (excludes halogenated alkanes) is 5. The van der Waals surface area contributed by atoms with E-state index in [0.29, 0.717) is 0 Å². The zero-order valence-electron chi connectivity index (χ0n) is 7.48. The highest BCUT2D eigenvalue weighted by Gasteiger charge is 1.87. The summed E-state index contributed by atoms with van der Waals surface area (Å²) in [4.78, 5) is 0. The summed E-state index contributed by atoms with van der Waals surface area (Å²) in [5.41, 5.74) is 0. The molecule has 0 aromatic rings. The molecule has 0 bridgehead atoms. The van der Waals surface area contributed by atoms with Gasteiger partial charge in [0.05, 0.1) is 0 Å². The Labute approximate surface area is 84.6 Å². The van der Waals surface area contributed by atoms with Crippen LogP contribution in [0.4, 0.5) is 0 Å². The summed E-state index contributed by atoms with van der Waals surface area (Å²) < 4.78 is 1.33. The smallest absolute Gasteiger partial charge is 0.000473 e. The zero-order valence-corrected chi connectivity index (χ0v) is 9.64. The van der Waals surface area contributed by atoms with Gasteiger partial charge in [0.2, 0.25) is 0 Å². The lowest BCUT2D eigenvalue weighted by atomic mass is 10.1. The second-order valence-corrected chi connectivity index (χ2v) is 3.89. The summed E-state index contributed by atoms with van der Waals surface area (Å²) in [6.45, 7) is 2.09. The van der Waals surface area contributed by atoms with Gasteiger partial charge in [0, 0.05) is 0 Å². The predicted octanol–water partition coefficient (Wildman–Crippen LogP) is 4.34. The molecule has 0 N–H and O–H groups in total. The summed E-state index contributed by atoms with van der Waals surface area (Å²) in [6.07, 6.45) is 12.7. The van der Waals surface area contributed by atoms with Gasteiger partial charge in [-0.25, -0.2) is 0 Å². The highest BCUT2D eigenvalue weighted by Crippen LogP contribution is 2.06. The average molecular weight is 266 g/mol. The first-order valence-electron chi connectivity index (χ1n) is 4.59. The molecule has 0 atom stereocenters. The topological polar surface area (TPSA) is 0 Å². The Bertz CT molecular complexity index is 86.9. The lowest BCUT2D eigenvalue weighted by Gasteiger charge is -1.96. The molecule has 0 aliphatic carbocycles. The minimum absolute atomic E-state index is 1.28. The van der Waals surface area contributed by atoms with Crippen LogP contribution in [0, 0.1) is 0 Å². The van der Waals surface area contributed by atoms with Gasteiger partial charge in [0.25, 0.3) is 0 Å². The van der Waals surface area contributed by atoms with Gasteiger partial charge in [-0.15, -0.1) is 0 Å². The van der Waals surface area contributed by atoms with E-state index in [2.05, 4.69) is 41.7 Å². The van der Waals surface area contributed by atoms with Gasteiger partial charge < -0.3 is 0 Å². The van der Waals surface area contributed by atoms with E-state index in [9.17, 15) is 0 Å². The number of halogens is 1. The van der Waals surface area contributed by atoms with Crippen molar-refractivity contribution in [2.45, 2.75) is 45.4 Å². The monoisotopic (exact) mass is 266 g/mol. The Kier molecular flexibility index (Phi) is 10.9. The van der Waals surface area contributed by atoms with E-state index in [1.165, 1.54) is 43.0 Å². The van der Waals surface area contributed by atoms with Gasteiger partial charge in [-0.2, -0.15) is 0 Å². The van der Waals surface area contributed by atoms with Crippen LogP contribution >= 0.6 is 22.6 Å². The van der Waals surface area contributed by atoms with Crippen LogP contribution in [0.2, 0.25) is 0 Å². The van der Waals surface area contributed by atoms with E-state index < -0.39 is 0 Å². The molecule has 0 spiro atoms. The summed E-state index contributed by atoms with van der Waals surface area (Å²) in [5.74, 6) is 0. The molecular weight excluding hydrogens is 247 g/mol. The van der Waals surface area contributed by atoms with Crippen molar-refractivity contribution in [2.75, 3.05) is 4.43 Å². The quantitative estimate of drug-likeness (QED) is 0.278. The lowest BCUT2D eigenvalue weighted by molar-refractivity contribution is 0.642. The van der Waals surface area contributed by atoms with Crippen molar-refractivity contribution in [1.82, 2.24) is 0 Å². The van der Waals surface area contributed by atoms with Crippen LogP contribution in [-0.4, -0.2) is 4.43 Å². The second kappa shape index (κ2) is 10.5. The summed E-state index contributed by atoms with van der Waals surface area (Å²) in [7, 11) is 0. The molecule has 0 saturated carbocycles. The van der Waals surface area contributed by atoms with Crippen LogP contribution in [0.15, 0.2) is 12.2 Å². The van der Waals surface area contributed by atoms with Crippen LogP contribution in [0.25, 0.3) is 0 Å². The molecule has 11 heavy (non-hydrogen) atoms. The number of hydrogen-bond acceptors (Lipinski definition) is 0. The van der Waals surface area contributed by atoms with Gasteiger partial charge in [0.15, 0.2) is 0 Å². The highest BCUT2D eigenvalue weighted by molar-refractivity contribution is 14.1. The number of alkyl halides is 1. The standard InChI is InChI=1S/C10H19I/c1-2-3-4-5-6-7-8-9-10-11/h2-3H,4-10H2,1H3. The Morgan fingerprint density at radius 1 is 1.00 bits per heavy atom. The van der Waals surface area contributed by atoms with Gasteiger partial charge in [0.1, 0.15) is 0 Å². The van der Waals surface area contributed by atoms with Crippen molar-refractivity contribution in [3.63, 3.8) is 0 Å². The van der Waals surface area contributed by atoms with E-state index in [1.807, 2.05) is 0 Å². The lowest BCUT2D eigenvalue weighted by Crippen LogP contribution is -1.78. The SMILES string of the molecule is CC=CCCCCCCCI. The molecule has 0 heterocycles. The van der Waals surface area contributed by atoms with Gasteiger partial charge >= 0.3 is 0 Å². The fourth-order valence-electron chi connectivity index (χ4n) is 1.05. The Morgan fingerprint density at radius 3 is 2.27 bits per heavy atom. The summed E-state index contributed by atoms with van der Waals surface area (Å²) >= 11 is 2.45. The zero-order chi connectivity index (χ0) is 8.36.